The lowest BCUT2D eigenvalue weighted by molar-refractivity contribution is 0.340. The lowest BCUT2D eigenvalue weighted by Crippen LogP contribution is -2.13. The Labute approximate surface area is 122 Å². The van der Waals surface area contributed by atoms with Gasteiger partial charge in [0.05, 0.1) is 22.9 Å². The summed E-state index contributed by atoms with van der Waals surface area (Å²) in [6.45, 7) is 2.30. The Morgan fingerprint density at radius 1 is 1.24 bits per heavy atom. The van der Waals surface area contributed by atoms with Gasteiger partial charge in [-0.2, -0.15) is 0 Å². The SMILES string of the molecule is CCOc1cccc(NS(=O)(=O)c2ccc(N)c(F)c2)c1. The van der Waals surface area contributed by atoms with Gasteiger partial charge in [-0.05, 0) is 37.3 Å². The van der Waals surface area contributed by atoms with Crippen LogP contribution in [0.5, 0.6) is 5.75 Å². The Kier molecular flexibility index (Phi) is 4.32. The van der Waals surface area contributed by atoms with E-state index >= 15 is 0 Å². The highest BCUT2D eigenvalue weighted by Crippen LogP contribution is 2.22. The Morgan fingerprint density at radius 2 is 2.00 bits per heavy atom. The normalized spacial score (nSPS) is 11.1. The van der Waals surface area contributed by atoms with E-state index in [9.17, 15) is 12.8 Å². The molecule has 0 atom stereocenters. The monoisotopic (exact) mass is 310 g/mol. The predicted molar refractivity (Wildman–Crippen MR) is 79.2 cm³/mol. The summed E-state index contributed by atoms with van der Waals surface area (Å²) >= 11 is 0. The van der Waals surface area contributed by atoms with Crippen molar-refractivity contribution in [2.24, 2.45) is 0 Å². The van der Waals surface area contributed by atoms with E-state index in [0.29, 0.717) is 18.0 Å². The molecule has 2 aromatic rings. The van der Waals surface area contributed by atoms with Gasteiger partial charge in [-0.3, -0.25) is 4.72 Å². The van der Waals surface area contributed by atoms with E-state index in [-0.39, 0.29) is 10.6 Å². The van der Waals surface area contributed by atoms with Crippen LogP contribution in [-0.4, -0.2) is 15.0 Å². The second kappa shape index (κ2) is 6.01. The van der Waals surface area contributed by atoms with Crippen molar-refractivity contribution in [3.05, 3.63) is 48.3 Å². The molecular weight excluding hydrogens is 295 g/mol. The third-order valence-corrected chi connectivity index (χ3v) is 4.06. The van der Waals surface area contributed by atoms with Crippen molar-refractivity contribution in [1.29, 1.82) is 0 Å². The van der Waals surface area contributed by atoms with Crippen molar-refractivity contribution >= 4 is 21.4 Å². The molecule has 112 valence electrons. The quantitative estimate of drug-likeness (QED) is 0.832. The van der Waals surface area contributed by atoms with E-state index in [1.807, 2.05) is 6.92 Å². The topological polar surface area (TPSA) is 81.4 Å². The maximum absolute atomic E-state index is 13.4. The van der Waals surface area contributed by atoms with E-state index < -0.39 is 15.8 Å². The lowest BCUT2D eigenvalue weighted by Gasteiger charge is -2.10. The molecule has 0 saturated heterocycles. The molecule has 0 bridgehead atoms. The number of ether oxygens (including phenoxy) is 1. The number of nitrogens with two attached hydrogens (primary N) is 1. The molecular formula is C14H15FN2O3S. The second-order valence-electron chi connectivity index (χ2n) is 4.25. The van der Waals surface area contributed by atoms with Crippen LogP contribution >= 0.6 is 0 Å². The molecule has 0 unspecified atom stereocenters. The molecule has 0 saturated carbocycles. The zero-order valence-corrected chi connectivity index (χ0v) is 12.2. The number of nitrogen functional groups attached to an aromatic ring is 1. The zero-order chi connectivity index (χ0) is 15.5. The van der Waals surface area contributed by atoms with Gasteiger partial charge in [0.15, 0.2) is 0 Å². The number of rotatable bonds is 5. The number of nitrogens with one attached hydrogen (secondary N) is 1. The first-order valence-corrected chi connectivity index (χ1v) is 7.71. The molecule has 0 radical (unpaired) electrons. The highest BCUT2D eigenvalue weighted by molar-refractivity contribution is 7.92. The van der Waals surface area contributed by atoms with Crippen LogP contribution in [0.1, 0.15) is 6.92 Å². The standard InChI is InChI=1S/C14H15FN2O3S/c1-2-20-11-5-3-4-10(8-11)17-21(18,19)12-6-7-14(16)13(15)9-12/h3-9,17H,2,16H2,1H3. The van der Waals surface area contributed by atoms with Gasteiger partial charge in [0.1, 0.15) is 11.6 Å². The highest BCUT2D eigenvalue weighted by Gasteiger charge is 2.16. The van der Waals surface area contributed by atoms with Crippen molar-refractivity contribution < 1.29 is 17.5 Å². The average Bonchev–Trinajstić information content (AvgIpc) is 2.42. The summed E-state index contributed by atoms with van der Waals surface area (Å²) in [5, 5.41) is 0. The van der Waals surface area contributed by atoms with Crippen LogP contribution in [0.4, 0.5) is 15.8 Å². The maximum Gasteiger partial charge on any atom is 0.262 e. The van der Waals surface area contributed by atoms with Crippen LogP contribution in [0.25, 0.3) is 0 Å². The van der Waals surface area contributed by atoms with E-state index in [0.717, 1.165) is 6.07 Å². The third kappa shape index (κ3) is 3.63. The molecule has 0 heterocycles. The molecule has 2 aromatic carbocycles. The van der Waals surface area contributed by atoms with Crippen molar-refractivity contribution in [3.8, 4) is 5.75 Å². The minimum atomic E-state index is -3.89. The van der Waals surface area contributed by atoms with Crippen molar-refractivity contribution in [2.75, 3.05) is 17.1 Å². The summed E-state index contributed by atoms with van der Waals surface area (Å²) in [6, 6.07) is 9.83. The highest BCUT2D eigenvalue weighted by atomic mass is 32.2. The molecule has 21 heavy (non-hydrogen) atoms. The molecule has 7 heteroatoms. The van der Waals surface area contributed by atoms with E-state index in [1.54, 1.807) is 24.3 Å². The first kappa shape index (κ1) is 15.1. The largest absolute Gasteiger partial charge is 0.494 e. The molecule has 0 amide bonds. The summed E-state index contributed by atoms with van der Waals surface area (Å²) in [7, 11) is -3.89. The molecule has 0 aromatic heterocycles. The predicted octanol–water partition coefficient (Wildman–Crippen LogP) is 2.61. The summed E-state index contributed by atoms with van der Waals surface area (Å²) in [5.41, 5.74) is 5.56. The molecule has 2 rings (SSSR count). The maximum atomic E-state index is 13.4. The first-order valence-electron chi connectivity index (χ1n) is 6.23. The summed E-state index contributed by atoms with van der Waals surface area (Å²) in [4.78, 5) is -0.198. The van der Waals surface area contributed by atoms with Crippen molar-refractivity contribution in [1.82, 2.24) is 0 Å². The summed E-state index contributed by atoms with van der Waals surface area (Å²) in [6.07, 6.45) is 0. The van der Waals surface area contributed by atoms with E-state index in [2.05, 4.69) is 4.72 Å². The fraction of sp³-hybridized carbons (Fsp3) is 0.143. The average molecular weight is 310 g/mol. The fourth-order valence-corrected chi connectivity index (χ4v) is 2.77. The van der Waals surface area contributed by atoms with Gasteiger partial charge < -0.3 is 10.5 Å². The molecule has 0 spiro atoms. The molecule has 0 aliphatic rings. The number of halogens is 1. The third-order valence-electron chi connectivity index (χ3n) is 2.68. The Bertz CT molecular complexity index is 748. The minimum absolute atomic E-state index is 0.104. The summed E-state index contributed by atoms with van der Waals surface area (Å²) < 4.78 is 45.4. The number of sulfonamides is 1. The van der Waals surface area contributed by atoms with Crippen LogP contribution in [0.3, 0.4) is 0 Å². The minimum Gasteiger partial charge on any atom is -0.494 e. The smallest absolute Gasteiger partial charge is 0.262 e. The van der Waals surface area contributed by atoms with Crippen LogP contribution in [-0.2, 0) is 10.0 Å². The van der Waals surface area contributed by atoms with Gasteiger partial charge >= 0.3 is 0 Å². The number of anilines is 2. The van der Waals surface area contributed by atoms with Gasteiger partial charge in [-0.15, -0.1) is 0 Å². The summed E-state index contributed by atoms with van der Waals surface area (Å²) in [5.74, 6) is -0.234. The number of hydrogen-bond donors (Lipinski definition) is 2. The van der Waals surface area contributed by atoms with Gasteiger partial charge in [0.2, 0.25) is 0 Å². The molecule has 5 nitrogen and oxygen atoms in total. The van der Waals surface area contributed by atoms with E-state index in [4.69, 9.17) is 10.5 Å². The number of benzene rings is 2. The van der Waals surface area contributed by atoms with E-state index in [1.165, 1.54) is 12.1 Å². The van der Waals surface area contributed by atoms with Crippen LogP contribution in [0, 0.1) is 5.82 Å². The van der Waals surface area contributed by atoms with Crippen LogP contribution in [0.2, 0.25) is 0 Å². The van der Waals surface area contributed by atoms with Gasteiger partial charge in [0.25, 0.3) is 10.0 Å². The Hall–Kier alpha value is -2.28. The molecule has 0 aliphatic carbocycles. The fourth-order valence-electron chi connectivity index (χ4n) is 1.71. The number of hydrogen-bond acceptors (Lipinski definition) is 4. The lowest BCUT2D eigenvalue weighted by atomic mass is 10.3. The van der Waals surface area contributed by atoms with Crippen molar-refractivity contribution in [2.45, 2.75) is 11.8 Å². The van der Waals surface area contributed by atoms with Crippen LogP contribution < -0.4 is 15.2 Å². The Morgan fingerprint density at radius 3 is 2.67 bits per heavy atom. The Balaban J connectivity index is 2.28. The molecule has 0 fully saturated rings. The first-order chi connectivity index (χ1) is 9.92. The molecule has 0 aliphatic heterocycles. The molecule has 3 N–H and O–H groups in total. The zero-order valence-electron chi connectivity index (χ0n) is 11.3. The van der Waals surface area contributed by atoms with Crippen LogP contribution in [0.15, 0.2) is 47.4 Å². The van der Waals surface area contributed by atoms with Gasteiger partial charge in [-0.25, -0.2) is 12.8 Å². The van der Waals surface area contributed by atoms with Crippen molar-refractivity contribution in [3.63, 3.8) is 0 Å². The van der Waals surface area contributed by atoms with Gasteiger partial charge in [0, 0.05) is 6.07 Å². The second-order valence-corrected chi connectivity index (χ2v) is 5.93. The van der Waals surface area contributed by atoms with Gasteiger partial charge in [-0.1, -0.05) is 6.07 Å².